The molecule has 0 saturated heterocycles. The smallest absolute Gasteiger partial charge is 0.0340 e. The molecule has 0 aliphatic heterocycles. The zero-order valence-electron chi connectivity index (χ0n) is 8.72. The monoisotopic (exact) mass is 190 g/mol. The van der Waals surface area contributed by atoms with Gasteiger partial charge in [-0.25, -0.2) is 0 Å². The van der Waals surface area contributed by atoms with Crippen LogP contribution in [0.1, 0.15) is 26.2 Å². The highest BCUT2D eigenvalue weighted by molar-refractivity contribution is 5.81. The second-order valence-electron chi connectivity index (χ2n) is 3.40. The molecule has 1 aromatic carbocycles. The normalized spacial score (nSPS) is 9.79. The Bertz CT molecular complexity index is 267. The first-order valence-corrected chi connectivity index (χ1v) is 5.18. The van der Waals surface area contributed by atoms with Crippen molar-refractivity contribution in [1.82, 2.24) is 0 Å². The number of nitrogens with one attached hydrogen (secondary N) is 2. The summed E-state index contributed by atoms with van der Waals surface area (Å²) in [6, 6.07) is 10.1. The van der Waals surface area contributed by atoms with Gasteiger partial charge in [0.25, 0.3) is 0 Å². The van der Waals surface area contributed by atoms with E-state index in [9.17, 15) is 0 Å². The van der Waals surface area contributed by atoms with Crippen molar-refractivity contribution in [3.05, 3.63) is 30.3 Å². The molecule has 0 fully saturated rings. The Morgan fingerprint density at radius 3 is 2.57 bits per heavy atom. The van der Waals surface area contributed by atoms with Crippen molar-refractivity contribution in [2.45, 2.75) is 26.2 Å². The fourth-order valence-corrected chi connectivity index (χ4v) is 1.34. The van der Waals surface area contributed by atoms with Gasteiger partial charge in [0.2, 0.25) is 0 Å². The molecule has 0 bridgehead atoms. The van der Waals surface area contributed by atoms with Crippen LogP contribution in [0.2, 0.25) is 0 Å². The predicted octanol–water partition coefficient (Wildman–Crippen LogP) is 3.31. The lowest BCUT2D eigenvalue weighted by Crippen LogP contribution is -2.07. The molecule has 0 amide bonds. The molecule has 2 heteroatoms. The molecule has 0 aliphatic rings. The molecule has 0 radical (unpaired) electrons. The molecule has 0 heterocycles. The number of rotatable bonds is 6. The third-order valence-corrected chi connectivity index (χ3v) is 2.08. The molecule has 0 unspecified atom stereocenters. The van der Waals surface area contributed by atoms with E-state index >= 15 is 0 Å². The van der Waals surface area contributed by atoms with E-state index in [1.54, 1.807) is 0 Å². The highest BCUT2D eigenvalue weighted by Gasteiger charge is 1.95. The second-order valence-corrected chi connectivity index (χ2v) is 3.40. The number of hydrogen-bond acceptors (Lipinski definition) is 2. The van der Waals surface area contributed by atoms with Crippen LogP contribution in [-0.4, -0.2) is 12.3 Å². The van der Waals surface area contributed by atoms with Crippen LogP contribution >= 0.6 is 0 Å². The molecule has 1 rings (SSSR count). The Morgan fingerprint density at radius 1 is 1.21 bits per heavy atom. The Balaban J connectivity index is 2.19. The average Bonchev–Trinajstić information content (AvgIpc) is 2.20. The zero-order valence-corrected chi connectivity index (χ0v) is 8.72. The summed E-state index contributed by atoms with van der Waals surface area (Å²) in [7, 11) is 0. The van der Waals surface area contributed by atoms with E-state index in [0.29, 0.717) is 0 Å². The Morgan fingerprint density at radius 2 is 1.93 bits per heavy atom. The minimum Gasteiger partial charge on any atom is -0.385 e. The zero-order chi connectivity index (χ0) is 10.2. The topological polar surface area (TPSA) is 35.9 Å². The number of para-hydroxylation sites is 1. The second kappa shape index (κ2) is 6.19. The van der Waals surface area contributed by atoms with Crippen LogP contribution in [-0.2, 0) is 0 Å². The van der Waals surface area contributed by atoms with E-state index in [4.69, 9.17) is 5.41 Å². The molecular weight excluding hydrogens is 172 g/mol. The van der Waals surface area contributed by atoms with Crippen molar-refractivity contribution < 1.29 is 0 Å². The van der Waals surface area contributed by atoms with Gasteiger partial charge in [-0.05, 0) is 18.6 Å². The first-order valence-electron chi connectivity index (χ1n) is 5.18. The van der Waals surface area contributed by atoms with Crippen LogP contribution in [0.25, 0.3) is 0 Å². The summed E-state index contributed by atoms with van der Waals surface area (Å²) in [5.41, 5.74) is 1.98. The van der Waals surface area contributed by atoms with Gasteiger partial charge >= 0.3 is 0 Å². The molecule has 2 nitrogen and oxygen atoms in total. The first-order chi connectivity index (χ1) is 6.83. The van der Waals surface area contributed by atoms with E-state index in [2.05, 4.69) is 12.2 Å². The number of hydrogen-bond donors (Lipinski definition) is 2. The van der Waals surface area contributed by atoms with Gasteiger partial charge in [-0.2, -0.15) is 0 Å². The fourth-order valence-electron chi connectivity index (χ4n) is 1.34. The SMILES string of the molecule is CCCC(=N)CCNc1ccccc1. The summed E-state index contributed by atoms with van der Waals surface area (Å²) >= 11 is 0. The lowest BCUT2D eigenvalue weighted by atomic mass is 10.1. The summed E-state index contributed by atoms with van der Waals surface area (Å²) in [5, 5.41) is 10.9. The molecule has 14 heavy (non-hydrogen) atoms. The van der Waals surface area contributed by atoms with Crippen LogP contribution in [0.4, 0.5) is 5.69 Å². The molecule has 1 aromatic rings. The first kappa shape index (κ1) is 10.8. The van der Waals surface area contributed by atoms with Crippen LogP contribution in [0, 0.1) is 5.41 Å². The predicted molar refractivity (Wildman–Crippen MR) is 62.2 cm³/mol. The third-order valence-electron chi connectivity index (χ3n) is 2.08. The largest absolute Gasteiger partial charge is 0.385 e. The van der Waals surface area contributed by atoms with Crippen molar-refractivity contribution in [1.29, 1.82) is 5.41 Å². The molecule has 0 saturated carbocycles. The van der Waals surface area contributed by atoms with E-state index in [1.807, 2.05) is 30.3 Å². The van der Waals surface area contributed by atoms with Crippen LogP contribution in [0.3, 0.4) is 0 Å². The standard InChI is InChI=1S/C12H18N2/c1-2-6-11(13)9-10-14-12-7-4-3-5-8-12/h3-5,7-8,13-14H,2,6,9-10H2,1H3. The average molecular weight is 190 g/mol. The van der Waals surface area contributed by atoms with Gasteiger partial charge in [-0.3, -0.25) is 0 Å². The van der Waals surface area contributed by atoms with E-state index in [0.717, 1.165) is 37.2 Å². The van der Waals surface area contributed by atoms with E-state index in [-0.39, 0.29) is 0 Å². The van der Waals surface area contributed by atoms with Crippen LogP contribution in [0.5, 0.6) is 0 Å². The van der Waals surface area contributed by atoms with Crippen LogP contribution in [0.15, 0.2) is 30.3 Å². The highest BCUT2D eigenvalue weighted by atomic mass is 14.9. The van der Waals surface area contributed by atoms with Crippen molar-refractivity contribution >= 4 is 11.4 Å². The van der Waals surface area contributed by atoms with Gasteiger partial charge in [0.1, 0.15) is 0 Å². The van der Waals surface area contributed by atoms with E-state index < -0.39 is 0 Å². The maximum Gasteiger partial charge on any atom is 0.0340 e. The summed E-state index contributed by atoms with van der Waals surface area (Å²) in [4.78, 5) is 0. The summed E-state index contributed by atoms with van der Waals surface area (Å²) < 4.78 is 0. The quantitative estimate of drug-likeness (QED) is 0.663. The lowest BCUT2D eigenvalue weighted by Gasteiger charge is -2.06. The van der Waals surface area contributed by atoms with Gasteiger partial charge in [0.15, 0.2) is 0 Å². The summed E-state index contributed by atoms with van der Waals surface area (Å²) in [6.07, 6.45) is 2.85. The molecular formula is C12H18N2. The lowest BCUT2D eigenvalue weighted by molar-refractivity contribution is 0.942. The molecule has 0 aliphatic carbocycles. The Hall–Kier alpha value is -1.31. The highest BCUT2D eigenvalue weighted by Crippen LogP contribution is 2.05. The molecule has 0 aromatic heterocycles. The van der Waals surface area contributed by atoms with E-state index in [1.165, 1.54) is 0 Å². The fraction of sp³-hybridized carbons (Fsp3) is 0.417. The van der Waals surface area contributed by atoms with Crippen molar-refractivity contribution in [2.75, 3.05) is 11.9 Å². The maximum atomic E-state index is 7.61. The third kappa shape index (κ3) is 4.08. The van der Waals surface area contributed by atoms with Crippen molar-refractivity contribution in [3.8, 4) is 0 Å². The van der Waals surface area contributed by atoms with Crippen LogP contribution < -0.4 is 5.32 Å². The number of anilines is 1. The molecule has 0 spiro atoms. The van der Waals surface area contributed by atoms with Gasteiger partial charge in [-0.15, -0.1) is 0 Å². The summed E-state index contributed by atoms with van der Waals surface area (Å²) in [6.45, 7) is 2.97. The molecule has 76 valence electrons. The van der Waals surface area contributed by atoms with Gasteiger partial charge in [-0.1, -0.05) is 31.5 Å². The van der Waals surface area contributed by atoms with Crippen molar-refractivity contribution in [3.63, 3.8) is 0 Å². The molecule has 0 atom stereocenters. The minimum atomic E-state index is 0.843. The number of benzene rings is 1. The van der Waals surface area contributed by atoms with Crippen molar-refractivity contribution in [2.24, 2.45) is 0 Å². The molecule has 2 N–H and O–H groups in total. The maximum absolute atomic E-state index is 7.61. The Labute approximate surface area is 85.9 Å². The van der Waals surface area contributed by atoms with Gasteiger partial charge in [0, 0.05) is 24.4 Å². The van der Waals surface area contributed by atoms with Gasteiger partial charge < -0.3 is 10.7 Å². The van der Waals surface area contributed by atoms with Gasteiger partial charge in [0.05, 0.1) is 0 Å². The Kier molecular flexibility index (Phi) is 4.76. The minimum absolute atomic E-state index is 0.843. The summed E-state index contributed by atoms with van der Waals surface area (Å²) in [5.74, 6) is 0.